The first kappa shape index (κ1) is 15.3. The van der Waals surface area contributed by atoms with E-state index < -0.39 is 0 Å². The molecule has 0 aromatic carbocycles. The topological polar surface area (TPSA) is 47.9 Å². The van der Waals surface area contributed by atoms with E-state index >= 15 is 0 Å². The SMILES string of the molecule is [CH2-]OCC(C)(CO)COCCOC.[Rf]. The fraction of sp³-hybridized carbons (Fsp3) is 0.889. The Morgan fingerprint density at radius 1 is 1.29 bits per heavy atom. The van der Waals surface area contributed by atoms with Gasteiger partial charge in [0.15, 0.2) is 0 Å². The molecule has 1 N–H and O–H groups in total. The van der Waals surface area contributed by atoms with Crippen molar-refractivity contribution in [3.05, 3.63) is 7.11 Å². The molecule has 0 bridgehead atoms. The summed E-state index contributed by atoms with van der Waals surface area (Å²) in [6.45, 7) is 3.83. The van der Waals surface area contributed by atoms with Crippen molar-refractivity contribution in [2.45, 2.75) is 6.92 Å². The molecule has 0 saturated carbocycles. The smallest absolute Gasteiger partial charge is 0.0700 e. The predicted octanol–water partition coefficient (Wildman–Crippen LogP) is 0.456. The van der Waals surface area contributed by atoms with E-state index in [1.165, 1.54) is 0 Å². The normalized spacial score (nSPS) is 14.6. The summed E-state index contributed by atoms with van der Waals surface area (Å²) in [5, 5.41) is 9.05. The van der Waals surface area contributed by atoms with Crippen LogP contribution in [0.1, 0.15) is 6.92 Å². The van der Waals surface area contributed by atoms with Gasteiger partial charge < -0.3 is 19.3 Å². The zero-order valence-electron chi connectivity index (χ0n) is 9.12. The molecule has 1 atom stereocenters. The summed E-state index contributed by atoms with van der Waals surface area (Å²) < 4.78 is 14.8. The number of aliphatic hydroxyl groups is 1. The van der Waals surface area contributed by atoms with Crippen molar-refractivity contribution < 1.29 is 19.3 Å². The molecule has 0 rings (SSSR count). The zero-order chi connectivity index (χ0) is 10.2. The molecule has 82 valence electrons. The van der Waals surface area contributed by atoms with E-state index in [0.29, 0.717) is 26.4 Å². The number of hydrogen-bond acceptors (Lipinski definition) is 4. The number of methoxy groups -OCH3 is 1. The zero-order valence-corrected chi connectivity index (χ0v) is 15.5. The Kier molecular flexibility index (Phi) is 9.23. The van der Waals surface area contributed by atoms with E-state index in [2.05, 4.69) is 7.11 Å². The van der Waals surface area contributed by atoms with Gasteiger partial charge >= 0.3 is 0 Å². The van der Waals surface area contributed by atoms with Gasteiger partial charge in [0, 0.05) is 19.1 Å². The van der Waals surface area contributed by atoms with Gasteiger partial charge in [-0.15, -0.1) is 0 Å². The van der Waals surface area contributed by atoms with Crippen molar-refractivity contribution >= 4 is 0 Å². The van der Waals surface area contributed by atoms with Crippen LogP contribution in [0.25, 0.3) is 0 Å². The molecule has 0 amide bonds. The second-order valence-electron chi connectivity index (χ2n) is 3.36. The molecular weight excluding hydrogens is 439 g/mol. The molecule has 0 spiro atoms. The number of rotatable bonds is 8. The molecule has 0 fully saturated rings. The maximum absolute atomic E-state index is 9.05. The monoisotopic (exact) mass is 458 g/mol. The van der Waals surface area contributed by atoms with Crippen molar-refractivity contribution in [1.82, 2.24) is 0 Å². The van der Waals surface area contributed by atoms with Crippen molar-refractivity contribution in [3.8, 4) is 0 Å². The fourth-order valence-electron chi connectivity index (χ4n) is 0.840. The van der Waals surface area contributed by atoms with Crippen LogP contribution in [0.3, 0.4) is 0 Å². The van der Waals surface area contributed by atoms with Crippen LogP contribution in [0.2, 0.25) is 0 Å². The maximum Gasteiger partial charge on any atom is 0.0700 e. The molecule has 0 saturated heterocycles. The van der Waals surface area contributed by atoms with E-state index in [1.807, 2.05) is 6.92 Å². The summed E-state index contributed by atoms with van der Waals surface area (Å²) in [5.74, 6) is 0. The summed E-state index contributed by atoms with van der Waals surface area (Å²) in [6.07, 6.45) is 0. The van der Waals surface area contributed by atoms with Gasteiger partial charge in [-0.2, -0.15) is 0 Å². The van der Waals surface area contributed by atoms with E-state index in [9.17, 15) is 0 Å². The Hall–Kier alpha value is -1.16. The van der Waals surface area contributed by atoms with Gasteiger partial charge in [-0.1, -0.05) is 6.92 Å². The minimum absolute atomic E-state index is 0. The number of hydrogen-bond donors (Lipinski definition) is 1. The van der Waals surface area contributed by atoms with Crippen molar-refractivity contribution in [2.75, 3.05) is 40.1 Å². The molecule has 0 radical (unpaired) electrons. The van der Waals surface area contributed by atoms with Crippen LogP contribution in [-0.2, 0) is 14.2 Å². The summed E-state index contributed by atoms with van der Waals surface area (Å²) in [6, 6.07) is 0. The van der Waals surface area contributed by atoms with Crippen LogP contribution in [0.15, 0.2) is 0 Å². The van der Waals surface area contributed by atoms with E-state index in [0.717, 1.165) is 0 Å². The van der Waals surface area contributed by atoms with Gasteiger partial charge in [0.05, 0.1) is 26.4 Å². The van der Waals surface area contributed by atoms with E-state index in [1.54, 1.807) is 7.11 Å². The molecular formula is C9H19O4Rf-. The van der Waals surface area contributed by atoms with E-state index in [-0.39, 0.29) is 12.0 Å². The summed E-state index contributed by atoms with van der Waals surface area (Å²) in [5.41, 5.74) is -0.366. The Bertz CT molecular complexity index is 123. The van der Waals surface area contributed by atoms with Crippen molar-refractivity contribution in [2.24, 2.45) is 5.41 Å². The number of aliphatic hydroxyl groups excluding tert-OH is 1. The first-order valence-electron chi connectivity index (χ1n) is 4.23. The third-order valence-electron chi connectivity index (χ3n) is 1.71. The molecule has 0 aliphatic carbocycles. The van der Waals surface area contributed by atoms with Crippen molar-refractivity contribution in [1.29, 1.82) is 0 Å². The van der Waals surface area contributed by atoms with Crippen LogP contribution in [-0.4, -0.2) is 45.3 Å². The molecule has 5 heteroatoms. The largest absolute Gasteiger partial charge is 0.554 e. The summed E-state index contributed by atoms with van der Waals surface area (Å²) in [4.78, 5) is 0. The average molecular weight is 458 g/mol. The Morgan fingerprint density at radius 3 is 2.36 bits per heavy atom. The van der Waals surface area contributed by atoms with Crippen LogP contribution in [0.4, 0.5) is 0 Å². The minimum Gasteiger partial charge on any atom is -0.554 e. The summed E-state index contributed by atoms with van der Waals surface area (Å²) in [7, 11) is 4.89. The standard InChI is InChI=1S/C9H19O4.Rf/c1-9(6-10,7-12-3)8-13-5-4-11-2;/h10H,3-8H2,1-2H3;/q-1;. The van der Waals surface area contributed by atoms with Gasteiger partial charge in [0.2, 0.25) is 0 Å². The van der Waals surface area contributed by atoms with Crippen LogP contribution < -0.4 is 0 Å². The minimum atomic E-state index is -0.366. The molecule has 1 unspecified atom stereocenters. The van der Waals surface area contributed by atoms with Crippen LogP contribution in [0.5, 0.6) is 0 Å². The quantitative estimate of drug-likeness (QED) is 0.424. The van der Waals surface area contributed by atoms with Gasteiger partial charge in [-0.3, -0.25) is 0 Å². The molecule has 0 aromatic heterocycles. The molecule has 4 nitrogen and oxygen atoms in total. The van der Waals surface area contributed by atoms with Gasteiger partial charge in [0.25, 0.3) is 0 Å². The average Bonchev–Trinajstić information content (AvgIpc) is 2.13. The van der Waals surface area contributed by atoms with Gasteiger partial charge in [0.1, 0.15) is 0 Å². The van der Waals surface area contributed by atoms with Gasteiger partial charge in [-0.25, -0.2) is 7.11 Å². The van der Waals surface area contributed by atoms with Crippen LogP contribution >= 0.6 is 0 Å². The Labute approximate surface area is 79.8 Å². The third kappa shape index (κ3) is 6.37. The molecule has 14 heavy (non-hydrogen) atoms. The second kappa shape index (κ2) is 8.44. The molecule has 0 aliphatic heterocycles. The predicted molar refractivity (Wildman–Crippen MR) is 49.2 cm³/mol. The molecule has 0 heterocycles. The first-order valence-corrected chi connectivity index (χ1v) is 4.23. The maximum atomic E-state index is 9.05. The van der Waals surface area contributed by atoms with Crippen molar-refractivity contribution in [3.63, 3.8) is 0 Å². The number of ether oxygens (including phenoxy) is 3. The molecule has 0 aromatic rings. The Balaban J connectivity index is 0. The van der Waals surface area contributed by atoms with Crippen LogP contribution in [0, 0.1) is 12.5 Å². The molecule has 0 aliphatic rings. The Morgan fingerprint density at radius 2 is 1.93 bits per heavy atom. The second-order valence-corrected chi connectivity index (χ2v) is 3.36. The first-order chi connectivity index (χ1) is 6.18. The summed E-state index contributed by atoms with van der Waals surface area (Å²) >= 11 is 0. The van der Waals surface area contributed by atoms with Gasteiger partial charge in [-0.05, 0) is 0 Å². The van der Waals surface area contributed by atoms with E-state index in [4.69, 9.17) is 19.3 Å². The fourth-order valence-corrected chi connectivity index (χ4v) is 0.840. The third-order valence-corrected chi connectivity index (χ3v) is 1.71.